The van der Waals surface area contributed by atoms with Crippen LogP contribution in [-0.2, 0) is 14.8 Å². The number of amides is 1. The minimum Gasteiger partial charge on any atom is -0.326 e. The molecule has 0 unspecified atom stereocenters. The Morgan fingerprint density at radius 3 is 2.40 bits per heavy atom. The molecule has 0 saturated heterocycles. The number of nitrogens with one attached hydrogen (secondary N) is 2. The molecule has 5 nitrogen and oxygen atoms in total. The first-order chi connectivity index (χ1) is 11.7. The number of hydrogen-bond acceptors (Lipinski definition) is 3. The smallest absolute Gasteiger partial charge is 0.240 e. The molecule has 2 rings (SSSR count). The van der Waals surface area contributed by atoms with Crippen molar-refractivity contribution < 1.29 is 17.6 Å². The van der Waals surface area contributed by atoms with Gasteiger partial charge in [-0.25, -0.2) is 17.5 Å². The van der Waals surface area contributed by atoms with E-state index in [1.165, 1.54) is 6.07 Å². The highest BCUT2D eigenvalue weighted by atomic mass is 32.2. The summed E-state index contributed by atoms with van der Waals surface area (Å²) in [6.07, 6.45) is -0.0560. The standard InChI is InChI=1S/C18H21FN2O3S/c1-12-4-5-14(3)17(10-12)25(23,24)20-9-8-18(22)21-15-7-6-13(2)16(19)11-15/h4-7,10-11,20H,8-9H2,1-3H3,(H,21,22). The van der Waals surface area contributed by atoms with E-state index in [0.717, 1.165) is 5.56 Å². The first kappa shape index (κ1) is 19.1. The van der Waals surface area contributed by atoms with Gasteiger partial charge in [-0.1, -0.05) is 18.2 Å². The summed E-state index contributed by atoms with van der Waals surface area (Å²) in [7, 11) is -3.68. The SMILES string of the molecule is Cc1ccc(C)c(S(=O)(=O)NCCC(=O)Nc2ccc(C)c(F)c2)c1. The van der Waals surface area contributed by atoms with Crippen molar-refractivity contribution in [1.82, 2.24) is 4.72 Å². The maximum absolute atomic E-state index is 13.5. The molecule has 0 heterocycles. The monoisotopic (exact) mass is 364 g/mol. The Balaban J connectivity index is 1.94. The van der Waals surface area contributed by atoms with Crippen LogP contribution in [0.25, 0.3) is 0 Å². The molecular weight excluding hydrogens is 343 g/mol. The topological polar surface area (TPSA) is 75.3 Å². The molecule has 0 radical (unpaired) electrons. The molecule has 0 fully saturated rings. The summed E-state index contributed by atoms with van der Waals surface area (Å²) in [5.74, 6) is -0.805. The zero-order chi connectivity index (χ0) is 18.6. The average Bonchev–Trinajstić information content (AvgIpc) is 2.53. The number of aryl methyl sites for hydroxylation is 3. The third kappa shape index (κ3) is 5.11. The van der Waals surface area contributed by atoms with Crippen molar-refractivity contribution in [3.05, 3.63) is 58.9 Å². The molecule has 0 aromatic heterocycles. The van der Waals surface area contributed by atoms with Gasteiger partial charge in [-0.05, 0) is 55.7 Å². The molecular formula is C18H21FN2O3S. The van der Waals surface area contributed by atoms with Crippen LogP contribution in [-0.4, -0.2) is 20.9 Å². The lowest BCUT2D eigenvalue weighted by Crippen LogP contribution is -2.28. The van der Waals surface area contributed by atoms with Crippen molar-refractivity contribution in [2.75, 3.05) is 11.9 Å². The molecule has 7 heteroatoms. The van der Waals surface area contributed by atoms with Gasteiger partial charge in [0, 0.05) is 18.7 Å². The van der Waals surface area contributed by atoms with E-state index in [-0.39, 0.29) is 17.9 Å². The number of hydrogen-bond donors (Lipinski definition) is 2. The predicted octanol–water partition coefficient (Wildman–Crippen LogP) is 3.06. The van der Waals surface area contributed by atoms with Crippen LogP contribution in [0.2, 0.25) is 0 Å². The zero-order valence-electron chi connectivity index (χ0n) is 14.4. The van der Waals surface area contributed by atoms with Crippen LogP contribution < -0.4 is 10.0 Å². The highest BCUT2D eigenvalue weighted by molar-refractivity contribution is 7.89. The molecule has 2 N–H and O–H groups in total. The van der Waals surface area contributed by atoms with Crippen molar-refractivity contribution in [3.63, 3.8) is 0 Å². The van der Waals surface area contributed by atoms with Gasteiger partial charge < -0.3 is 5.32 Å². The van der Waals surface area contributed by atoms with Crippen molar-refractivity contribution in [2.45, 2.75) is 32.1 Å². The maximum Gasteiger partial charge on any atom is 0.240 e. The molecule has 0 atom stereocenters. The molecule has 0 bridgehead atoms. The van der Waals surface area contributed by atoms with Gasteiger partial charge in [-0.15, -0.1) is 0 Å². The second-order valence-corrected chi connectivity index (χ2v) is 7.66. The lowest BCUT2D eigenvalue weighted by molar-refractivity contribution is -0.116. The molecule has 0 saturated carbocycles. The molecule has 134 valence electrons. The molecule has 25 heavy (non-hydrogen) atoms. The number of carbonyl (C=O) groups is 1. The van der Waals surface area contributed by atoms with Crippen molar-refractivity contribution in [3.8, 4) is 0 Å². The summed E-state index contributed by atoms with van der Waals surface area (Å²) in [6, 6.07) is 9.55. The van der Waals surface area contributed by atoms with E-state index in [1.807, 2.05) is 13.0 Å². The van der Waals surface area contributed by atoms with E-state index in [0.29, 0.717) is 16.8 Å². The Kier molecular flexibility index (Phi) is 5.92. The molecule has 0 aliphatic heterocycles. The van der Waals surface area contributed by atoms with Gasteiger partial charge in [-0.3, -0.25) is 4.79 Å². The summed E-state index contributed by atoms with van der Waals surface area (Å²) < 4.78 is 40.5. The van der Waals surface area contributed by atoms with E-state index in [2.05, 4.69) is 10.0 Å². The van der Waals surface area contributed by atoms with Gasteiger partial charge in [0.05, 0.1) is 4.90 Å². The van der Waals surface area contributed by atoms with Crippen LogP contribution in [0.1, 0.15) is 23.1 Å². The van der Waals surface area contributed by atoms with Crippen LogP contribution in [0, 0.1) is 26.6 Å². The van der Waals surface area contributed by atoms with E-state index < -0.39 is 21.7 Å². The van der Waals surface area contributed by atoms with Gasteiger partial charge >= 0.3 is 0 Å². The summed E-state index contributed by atoms with van der Waals surface area (Å²) in [6.45, 7) is 5.11. The lowest BCUT2D eigenvalue weighted by atomic mass is 10.2. The first-order valence-electron chi connectivity index (χ1n) is 7.82. The molecule has 0 aliphatic rings. The number of benzene rings is 2. The highest BCUT2D eigenvalue weighted by Crippen LogP contribution is 2.17. The highest BCUT2D eigenvalue weighted by Gasteiger charge is 2.17. The Morgan fingerprint density at radius 1 is 1.04 bits per heavy atom. The fourth-order valence-electron chi connectivity index (χ4n) is 2.27. The van der Waals surface area contributed by atoms with E-state index in [4.69, 9.17) is 0 Å². The number of sulfonamides is 1. The van der Waals surface area contributed by atoms with Gasteiger partial charge in [0.1, 0.15) is 5.82 Å². The van der Waals surface area contributed by atoms with Gasteiger partial charge in [0.2, 0.25) is 15.9 Å². The molecule has 1 amide bonds. The molecule has 0 aliphatic carbocycles. The number of carbonyl (C=O) groups excluding carboxylic acids is 1. The van der Waals surface area contributed by atoms with Crippen molar-refractivity contribution in [1.29, 1.82) is 0 Å². The lowest BCUT2D eigenvalue weighted by Gasteiger charge is -2.10. The minimum atomic E-state index is -3.68. The average molecular weight is 364 g/mol. The minimum absolute atomic E-state index is 0.0457. The van der Waals surface area contributed by atoms with Gasteiger partial charge in [0.15, 0.2) is 0 Å². The second-order valence-electron chi connectivity index (χ2n) is 5.93. The second kappa shape index (κ2) is 7.76. The molecule has 0 spiro atoms. The van der Waals surface area contributed by atoms with Crippen molar-refractivity contribution >= 4 is 21.6 Å². The first-order valence-corrected chi connectivity index (χ1v) is 9.30. The van der Waals surface area contributed by atoms with E-state index in [9.17, 15) is 17.6 Å². The Hall–Kier alpha value is -2.25. The van der Waals surface area contributed by atoms with Crippen LogP contribution in [0.3, 0.4) is 0 Å². The fraction of sp³-hybridized carbons (Fsp3) is 0.278. The Morgan fingerprint density at radius 2 is 1.72 bits per heavy atom. The largest absolute Gasteiger partial charge is 0.326 e. The van der Waals surface area contributed by atoms with Crippen LogP contribution in [0.15, 0.2) is 41.3 Å². The summed E-state index contributed by atoms with van der Waals surface area (Å²) in [5, 5.41) is 2.54. The quantitative estimate of drug-likeness (QED) is 0.827. The normalized spacial score (nSPS) is 11.4. The third-order valence-electron chi connectivity index (χ3n) is 3.73. The summed E-state index contributed by atoms with van der Waals surface area (Å²) in [4.78, 5) is 12.1. The van der Waals surface area contributed by atoms with Crippen molar-refractivity contribution in [2.24, 2.45) is 0 Å². The maximum atomic E-state index is 13.5. The molecule has 2 aromatic rings. The van der Waals surface area contributed by atoms with Gasteiger partial charge in [0.25, 0.3) is 0 Å². The fourth-order valence-corrected chi connectivity index (χ4v) is 3.63. The van der Waals surface area contributed by atoms with Gasteiger partial charge in [-0.2, -0.15) is 0 Å². The Bertz CT molecular complexity index is 895. The number of halogens is 1. The number of anilines is 1. The van der Waals surface area contributed by atoms with E-state index in [1.54, 1.807) is 38.1 Å². The number of rotatable bonds is 6. The van der Waals surface area contributed by atoms with Crippen LogP contribution in [0.4, 0.5) is 10.1 Å². The third-order valence-corrected chi connectivity index (χ3v) is 5.34. The summed E-state index contributed by atoms with van der Waals surface area (Å²) >= 11 is 0. The predicted molar refractivity (Wildman–Crippen MR) is 95.5 cm³/mol. The van der Waals surface area contributed by atoms with Crippen LogP contribution in [0.5, 0.6) is 0 Å². The van der Waals surface area contributed by atoms with E-state index >= 15 is 0 Å². The molecule has 2 aromatic carbocycles. The Labute approximate surface area is 147 Å². The summed E-state index contributed by atoms with van der Waals surface area (Å²) in [5.41, 5.74) is 2.30. The zero-order valence-corrected chi connectivity index (χ0v) is 15.2. The van der Waals surface area contributed by atoms with Crippen LogP contribution >= 0.6 is 0 Å².